The van der Waals surface area contributed by atoms with Crippen molar-refractivity contribution >= 4 is 17.5 Å². The molecule has 0 aliphatic carbocycles. The maximum atomic E-state index is 12.3. The number of likely N-dealkylation sites (tertiary alicyclic amines) is 1. The Kier molecular flexibility index (Phi) is 6.79. The number of para-hydroxylation sites is 1. The predicted octanol–water partition coefficient (Wildman–Crippen LogP) is 2.62. The summed E-state index contributed by atoms with van der Waals surface area (Å²) in [6.45, 7) is 7.77. The van der Waals surface area contributed by atoms with Gasteiger partial charge in [0.1, 0.15) is 0 Å². The topological polar surface area (TPSA) is 61.4 Å². The first-order chi connectivity index (χ1) is 11.5. The van der Waals surface area contributed by atoms with E-state index in [4.69, 9.17) is 0 Å². The lowest BCUT2D eigenvalue weighted by molar-refractivity contribution is -0.128. The number of rotatable bonds is 5. The van der Waals surface area contributed by atoms with Crippen molar-refractivity contribution in [3.05, 3.63) is 29.3 Å². The molecule has 2 rings (SSSR count). The monoisotopic (exact) mass is 331 g/mol. The average Bonchev–Trinajstić information content (AvgIpc) is 2.84. The summed E-state index contributed by atoms with van der Waals surface area (Å²) in [6, 6.07) is 5.70. The zero-order valence-corrected chi connectivity index (χ0v) is 15.0. The van der Waals surface area contributed by atoms with Crippen LogP contribution in [0.2, 0.25) is 0 Å². The average molecular weight is 331 g/mol. The molecule has 1 aliphatic rings. The van der Waals surface area contributed by atoms with Crippen molar-refractivity contribution in [1.29, 1.82) is 0 Å². The fourth-order valence-corrected chi connectivity index (χ4v) is 3.16. The lowest BCUT2D eigenvalue weighted by Gasteiger charge is -2.26. The largest absolute Gasteiger partial charge is 0.346 e. The Morgan fingerprint density at radius 2 is 1.67 bits per heavy atom. The van der Waals surface area contributed by atoms with Gasteiger partial charge in [0.05, 0.1) is 12.6 Å². The Labute approximate surface area is 144 Å². The maximum absolute atomic E-state index is 12.3. The molecule has 0 saturated carbocycles. The number of hydrogen-bond donors (Lipinski definition) is 2. The van der Waals surface area contributed by atoms with Crippen molar-refractivity contribution in [2.24, 2.45) is 0 Å². The van der Waals surface area contributed by atoms with Crippen LogP contribution in [0, 0.1) is 13.8 Å². The smallest absolute Gasteiger partial charge is 0.243 e. The molecule has 2 N–H and O–H groups in total. The SMILES string of the molecule is Cc1cccc(C)c1NC(=O)CNC(=O)[C@@H](C)N1CCCCCC1. The summed E-state index contributed by atoms with van der Waals surface area (Å²) < 4.78 is 0. The summed E-state index contributed by atoms with van der Waals surface area (Å²) in [5, 5.41) is 5.66. The van der Waals surface area contributed by atoms with Gasteiger partial charge in [-0.1, -0.05) is 31.0 Å². The van der Waals surface area contributed by atoms with E-state index in [-0.39, 0.29) is 24.4 Å². The third-order valence-electron chi connectivity index (χ3n) is 4.74. The molecule has 0 spiro atoms. The van der Waals surface area contributed by atoms with Gasteiger partial charge in [-0.2, -0.15) is 0 Å². The number of anilines is 1. The van der Waals surface area contributed by atoms with Crippen LogP contribution in [0.4, 0.5) is 5.69 Å². The minimum Gasteiger partial charge on any atom is -0.346 e. The zero-order chi connectivity index (χ0) is 17.5. The molecule has 1 atom stereocenters. The summed E-state index contributed by atoms with van der Waals surface area (Å²) in [5.41, 5.74) is 2.87. The maximum Gasteiger partial charge on any atom is 0.243 e. The second kappa shape index (κ2) is 8.83. The summed E-state index contributed by atoms with van der Waals surface area (Å²) in [5.74, 6) is -0.266. The van der Waals surface area contributed by atoms with Crippen LogP contribution in [-0.4, -0.2) is 42.4 Å². The minimum absolute atomic E-state index is 0.00475. The Bertz CT molecular complexity index is 558. The molecule has 0 radical (unpaired) electrons. The minimum atomic E-state index is -0.191. The molecule has 1 aliphatic heterocycles. The van der Waals surface area contributed by atoms with Crippen LogP contribution in [0.5, 0.6) is 0 Å². The van der Waals surface area contributed by atoms with Gasteiger partial charge in [-0.05, 0) is 57.8 Å². The van der Waals surface area contributed by atoms with E-state index in [9.17, 15) is 9.59 Å². The molecule has 0 bridgehead atoms. The van der Waals surface area contributed by atoms with E-state index in [0.29, 0.717) is 0 Å². The lowest BCUT2D eigenvalue weighted by atomic mass is 10.1. The van der Waals surface area contributed by atoms with E-state index in [2.05, 4.69) is 15.5 Å². The van der Waals surface area contributed by atoms with Crippen molar-refractivity contribution in [1.82, 2.24) is 10.2 Å². The highest BCUT2D eigenvalue weighted by molar-refractivity contribution is 5.96. The third kappa shape index (κ3) is 5.06. The first-order valence-corrected chi connectivity index (χ1v) is 8.87. The van der Waals surface area contributed by atoms with Crippen LogP contribution in [0.15, 0.2) is 18.2 Å². The molecule has 1 saturated heterocycles. The van der Waals surface area contributed by atoms with E-state index >= 15 is 0 Å². The number of hydrogen-bond acceptors (Lipinski definition) is 3. The molecule has 1 aromatic rings. The lowest BCUT2D eigenvalue weighted by Crippen LogP contribution is -2.47. The zero-order valence-electron chi connectivity index (χ0n) is 15.0. The normalized spacial score (nSPS) is 17.0. The molecule has 132 valence electrons. The van der Waals surface area contributed by atoms with Crippen molar-refractivity contribution in [2.75, 3.05) is 25.0 Å². The molecule has 1 heterocycles. The van der Waals surface area contributed by atoms with Crippen molar-refractivity contribution in [2.45, 2.75) is 52.5 Å². The van der Waals surface area contributed by atoms with E-state index in [0.717, 1.165) is 42.7 Å². The van der Waals surface area contributed by atoms with E-state index < -0.39 is 0 Å². The molecule has 0 aromatic heterocycles. The van der Waals surface area contributed by atoms with Crippen LogP contribution < -0.4 is 10.6 Å². The Balaban J connectivity index is 1.83. The van der Waals surface area contributed by atoms with Gasteiger partial charge in [0.25, 0.3) is 0 Å². The standard InChI is InChI=1S/C19H29N3O2/c1-14-9-8-10-15(2)18(14)21-17(23)13-20-19(24)16(3)22-11-6-4-5-7-12-22/h8-10,16H,4-7,11-13H2,1-3H3,(H,20,24)(H,21,23)/t16-/m1/s1. The van der Waals surface area contributed by atoms with Crippen LogP contribution in [0.3, 0.4) is 0 Å². The van der Waals surface area contributed by atoms with Gasteiger partial charge in [0.15, 0.2) is 0 Å². The van der Waals surface area contributed by atoms with Crippen LogP contribution in [0.25, 0.3) is 0 Å². The van der Waals surface area contributed by atoms with Gasteiger partial charge in [0.2, 0.25) is 11.8 Å². The molecule has 0 unspecified atom stereocenters. The molecule has 1 aromatic carbocycles. The van der Waals surface area contributed by atoms with Gasteiger partial charge in [-0.15, -0.1) is 0 Å². The van der Waals surface area contributed by atoms with E-state index in [1.54, 1.807) is 0 Å². The van der Waals surface area contributed by atoms with E-state index in [1.165, 1.54) is 12.8 Å². The Morgan fingerprint density at radius 1 is 1.08 bits per heavy atom. The van der Waals surface area contributed by atoms with Gasteiger partial charge >= 0.3 is 0 Å². The number of benzene rings is 1. The van der Waals surface area contributed by atoms with Gasteiger partial charge in [0, 0.05) is 5.69 Å². The predicted molar refractivity (Wildman–Crippen MR) is 97.1 cm³/mol. The number of carbonyl (C=O) groups is 2. The summed E-state index contributed by atoms with van der Waals surface area (Å²) in [7, 11) is 0. The molecular weight excluding hydrogens is 302 g/mol. The number of nitrogens with zero attached hydrogens (tertiary/aromatic N) is 1. The van der Waals surface area contributed by atoms with Gasteiger partial charge < -0.3 is 10.6 Å². The Hall–Kier alpha value is -1.88. The van der Waals surface area contributed by atoms with Gasteiger partial charge in [-0.3, -0.25) is 14.5 Å². The van der Waals surface area contributed by atoms with Crippen LogP contribution >= 0.6 is 0 Å². The molecule has 1 fully saturated rings. The molecular formula is C19H29N3O2. The summed E-state index contributed by atoms with van der Waals surface area (Å²) in [4.78, 5) is 26.7. The molecule has 2 amide bonds. The van der Waals surface area contributed by atoms with Crippen molar-refractivity contribution < 1.29 is 9.59 Å². The van der Waals surface area contributed by atoms with Crippen LogP contribution in [-0.2, 0) is 9.59 Å². The highest BCUT2D eigenvalue weighted by Gasteiger charge is 2.22. The third-order valence-corrected chi connectivity index (χ3v) is 4.74. The second-order valence-electron chi connectivity index (χ2n) is 6.66. The first kappa shape index (κ1) is 18.5. The number of amides is 2. The fraction of sp³-hybridized carbons (Fsp3) is 0.579. The highest BCUT2D eigenvalue weighted by Crippen LogP contribution is 2.19. The molecule has 5 nitrogen and oxygen atoms in total. The van der Waals surface area contributed by atoms with E-state index in [1.807, 2.05) is 39.0 Å². The number of nitrogens with one attached hydrogen (secondary N) is 2. The highest BCUT2D eigenvalue weighted by atomic mass is 16.2. The first-order valence-electron chi connectivity index (χ1n) is 8.87. The number of carbonyl (C=O) groups excluding carboxylic acids is 2. The summed E-state index contributed by atoms with van der Waals surface area (Å²) >= 11 is 0. The molecule has 5 heteroatoms. The summed E-state index contributed by atoms with van der Waals surface area (Å²) in [6.07, 6.45) is 4.77. The van der Waals surface area contributed by atoms with Crippen LogP contribution in [0.1, 0.15) is 43.7 Å². The number of aryl methyl sites for hydroxylation is 2. The quantitative estimate of drug-likeness (QED) is 0.872. The molecule has 24 heavy (non-hydrogen) atoms. The fourth-order valence-electron chi connectivity index (χ4n) is 3.16. The Morgan fingerprint density at radius 3 is 2.25 bits per heavy atom. The van der Waals surface area contributed by atoms with Crippen molar-refractivity contribution in [3.63, 3.8) is 0 Å². The van der Waals surface area contributed by atoms with Crippen molar-refractivity contribution in [3.8, 4) is 0 Å². The van der Waals surface area contributed by atoms with Gasteiger partial charge in [-0.25, -0.2) is 0 Å². The second-order valence-corrected chi connectivity index (χ2v) is 6.66.